The maximum absolute atomic E-state index is 14.1. The SMILES string of the molecule is CC[C@H](C)NC(=O)[C@H](CC)N(Cc1ccccc1C)C(=O)CN(c1cc(Cl)ccc1Cl)S(=O)(=O)c1ccccc1. The molecule has 0 saturated carbocycles. The number of nitrogens with one attached hydrogen (secondary N) is 1. The summed E-state index contributed by atoms with van der Waals surface area (Å²) in [7, 11) is -4.24. The smallest absolute Gasteiger partial charge is 0.264 e. The van der Waals surface area contributed by atoms with Gasteiger partial charge in [0.1, 0.15) is 12.6 Å². The molecule has 0 fully saturated rings. The van der Waals surface area contributed by atoms with Crippen molar-refractivity contribution in [1.29, 1.82) is 0 Å². The third-order valence-electron chi connectivity index (χ3n) is 6.78. The first-order chi connectivity index (χ1) is 19.0. The molecule has 2 amide bonds. The van der Waals surface area contributed by atoms with Gasteiger partial charge in [0.25, 0.3) is 10.0 Å². The highest BCUT2D eigenvalue weighted by Gasteiger charge is 2.34. The molecule has 0 radical (unpaired) electrons. The summed E-state index contributed by atoms with van der Waals surface area (Å²) in [6.45, 7) is 7.15. The van der Waals surface area contributed by atoms with Gasteiger partial charge in [-0.15, -0.1) is 0 Å². The molecule has 0 unspecified atom stereocenters. The largest absolute Gasteiger partial charge is 0.352 e. The number of nitrogens with zero attached hydrogens (tertiary/aromatic N) is 2. The number of anilines is 1. The van der Waals surface area contributed by atoms with Crippen LogP contribution in [0.2, 0.25) is 10.0 Å². The number of aryl methyl sites for hydroxylation is 1. The molecule has 0 aliphatic carbocycles. The monoisotopic (exact) mass is 603 g/mol. The predicted molar refractivity (Wildman–Crippen MR) is 161 cm³/mol. The number of rotatable bonds is 12. The Morgan fingerprint density at radius 3 is 2.20 bits per heavy atom. The Morgan fingerprint density at radius 2 is 1.57 bits per heavy atom. The molecular formula is C30H35Cl2N3O4S. The van der Waals surface area contributed by atoms with Gasteiger partial charge in [-0.2, -0.15) is 0 Å². The van der Waals surface area contributed by atoms with E-state index in [1.54, 1.807) is 24.3 Å². The van der Waals surface area contributed by atoms with Crippen LogP contribution in [0.25, 0.3) is 0 Å². The van der Waals surface area contributed by atoms with E-state index in [2.05, 4.69) is 5.32 Å². The lowest BCUT2D eigenvalue weighted by Gasteiger charge is -2.34. The lowest BCUT2D eigenvalue weighted by molar-refractivity contribution is -0.140. The summed E-state index contributed by atoms with van der Waals surface area (Å²) in [6.07, 6.45) is 1.06. The Hall–Kier alpha value is -3.07. The van der Waals surface area contributed by atoms with Crippen molar-refractivity contribution >= 4 is 50.7 Å². The van der Waals surface area contributed by atoms with E-state index in [0.717, 1.165) is 21.9 Å². The number of carbonyl (C=O) groups excluding carboxylic acids is 2. The predicted octanol–water partition coefficient (Wildman–Crippen LogP) is 6.22. The zero-order valence-corrected chi connectivity index (χ0v) is 25.4. The van der Waals surface area contributed by atoms with Crippen LogP contribution in [0.5, 0.6) is 0 Å². The highest BCUT2D eigenvalue weighted by Crippen LogP contribution is 2.33. The van der Waals surface area contributed by atoms with E-state index in [1.165, 1.54) is 29.2 Å². The Kier molecular flexibility index (Phi) is 11.0. The van der Waals surface area contributed by atoms with Crippen molar-refractivity contribution in [1.82, 2.24) is 10.2 Å². The van der Waals surface area contributed by atoms with Crippen LogP contribution in [0.4, 0.5) is 5.69 Å². The first-order valence-electron chi connectivity index (χ1n) is 13.2. The molecule has 2 atom stereocenters. The van der Waals surface area contributed by atoms with Crippen LogP contribution in [-0.4, -0.2) is 43.8 Å². The van der Waals surface area contributed by atoms with Crippen LogP contribution in [0.1, 0.15) is 44.7 Å². The lowest BCUT2D eigenvalue weighted by atomic mass is 10.1. The number of hydrogen-bond acceptors (Lipinski definition) is 4. The average molecular weight is 605 g/mol. The molecule has 10 heteroatoms. The molecule has 0 bridgehead atoms. The second-order valence-corrected chi connectivity index (χ2v) is 12.3. The molecule has 214 valence electrons. The highest BCUT2D eigenvalue weighted by molar-refractivity contribution is 7.92. The molecule has 3 rings (SSSR count). The van der Waals surface area contributed by atoms with Crippen LogP contribution >= 0.6 is 23.2 Å². The van der Waals surface area contributed by atoms with E-state index >= 15 is 0 Å². The van der Waals surface area contributed by atoms with Crippen molar-refractivity contribution in [3.8, 4) is 0 Å². The number of sulfonamides is 1. The number of amides is 2. The normalized spacial score (nSPS) is 12.8. The zero-order chi connectivity index (χ0) is 29.4. The van der Waals surface area contributed by atoms with E-state index in [0.29, 0.717) is 6.42 Å². The molecule has 0 aliphatic heterocycles. The van der Waals surface area contributed by atoms with Gasteiger partial charge in [-0.1, -0.05) is 79.5 Å². The minimum atomic E-state index is -4.24. The van der Waals surface area contributed by atoms with Crippen molar-refractivity contribution in [2.75, 3.05) is 10.8 Å². The van der Waals surface area contributed by atoms with Gasteiger partial charge in [-0.05, 0) is 68.1 Å². The molecule has 3 aromatic carbocycles. The first-order valence-corrected chi connectivity index (χ1v) is 15.4. The zero-order valence-electron chi connectivity index (χ0n) is 23.1. The molecule has 0 heterocycles. The van der Waals surface area contributed by atoms with Gasteiger partial charge in [0.2, 0.25) is 11.8 Å². The fourth-order valence-corrected chi connectivity index (χ4v) is 6.12. The minimum Gasteiger partial charge on any atom is -0.352 e. The third-order valence-corrected chi connectivity index (χ3v) is 9.10. The maximum atomic E-state index is 14.1. The van der Waals surface area contributed by atoms with Crippen LogP contribution in [0.3, 0.4) is 0 Å². The van der Waals surface area contributed by atoms with Gasteiger partial charge in [0, 0.05) is 17.6 Å². The standard InChI is InChI=1S/C30H35Cl2N3O4S/c1-5-22(4)33-30(37)27(6-2)34(19-23-13-11-10-12-21(23)3)29(36)20-35(28-18-24(31)16-17-26(28)32)40(38,39)25-14-8-7-9-15-25/h7-18,22,27H,5-6,19-20H2,1-4H3,(H,33,37)/t22-,27-/m0/s1. The quantitative estimate of drug-likeness (QED) is 0.266. The summed E-state index contributed by atoms with van der Waals surface area (Å²) in [5, 5.41) is 3.35. The highest BCUT2D eigenvalue weighted by atomic mass is 35.5. The van der Waals surface area contributed by atoms with Gasteiger partial charge in [0.05, 0.1) is 15.6 Å². The van der Waals surface area contributed by atoms with Crippen molar-refractivity contribution in [3.05, 3.63) is 94.0 Å². The summed E-state index contributed by atoms with van der Waals surface area (Å²) >= 11 is 12.7. The molecule has 0 aromatic heterocycles. The summed E-state index contributed by atoms with van der Waals surface area (Å²) in [4.78, 5) is 28.9. The molecule has 0 aliphatic rings. The Morgan fingerprint density at radius 1 is 0.925 bits per heavy atom. The second-order valence-electron chi connectivity index (χ2n) is 9.61. The first kappa shape index (κ1) is 31.5. The molecule has 0 saturated heterocycles. The summed E-state index contributed by atoms with van der Waals surface area (Å²) in [6, 6.07) is 18.9. The average Bonchev–Trinajstić information content (AvgIpc) is 2.94. The minimum absolute atomic E-state index is 0.00847. The molecule has 3 aromatic rings. The van der Waals surface area contributed by atoms with Crippen LogP contribution in [0, 0.1) is 6.92 Å². The number of halogens is 2. The van der Waals surface area contributed by atoms with Gasteiger partial charge in [0.15, 0.2) is 0 Å². The van der Waals surface area contributed by atoms with E-state index in [9.17, 15) is 18.0 Å². The number of carbonyl (C=O) groups is 2. The molecule has 7 nitrogen and oxygen atoms in total. The summed E-state index contributed by atoms with van der Waals surface area (Å²) < 4.78 is 28.8. The van der Waals surface area contributed by atoms with E-state index < -0.39 is 28.5 Å². The van der Waals surface area contributed by atoms with Crippen molar-refractivity contribution < 1.29 is 18.0 Å². The van der Waals surface area contributed by atoms with E-state index in [4.69, 9.17) is 23.2 Å². The molecule has 40 heavy (non-hydrogen) atoms. The topological polar surface area (TPSA) is 86.8 Å². The van der Waals surface area contributed by atoms with E-state index in [-0.39, 0.29) is 39.1 Å². The van der Waals surface area contributed by atoms with Crippen LogP contribution < -0.4 is 9.62 Å². The van der Waals surface area contributed by atoms with Crippen LogP contribution in [0.15, 0.2) is 77.7 Å². The van der Waals surface area contributed by atoms with Crippen molar-refractivity contribution in [3.63, 3.8) is 0 Å². The number of hydrogen-bond donors (Lipinski definition) is 1. The number of benzene rings is 3. The van der Waals surface area contributed by atoms with E-state index in [1.807, 2.05) is 52.0 Å². The maximum Gasteiger partial charge on any atom is 0.264 e. The van der Waals surface area contributed by atoms with Gasteiger partial charge in [-0.3, -0.25) is 13.9 Å². The third kappa shape index (κ3) is 7.56. The summed E-state index contributed by atoms with van der Waals surface area (Å²) in [5.41, 5.74) is 1.87. The van der Waals surface area contributed by atoms with Crippen molar-refractivity contribution in [2.24, 2.45) is 0 Å². The van der Waals surface area contributed by atoms with Gasteiger partial charge in [-0.25, -0.2) is 8.42 Å². The fourth-order valence-electron chi connectivity index (χ4n) is 4.24. The molecule has 1 N–H and O–H groups in total. The molecule has 0 spiro atoms. The Bertz CT molecular complexity index is 1430. The molecular weight excluding hydrogens is 569 g/mol. The Balaban J connectivity index is 2.10. The van der Waals surface area contributed by atoms with Gasteiger partial charge >= 0.3 is 0 Å². The fraction of sp³-hybridized carbons (Fsp3) is 0.333. The van der Waals surface area contributed by atoms with Crippen LogP contribution in [-0.2, 0) is 26.2 Å². The Labute approximate surface area is 247 Å². The lowest BCUT2D eigenvalue weighted by Crippen LogP contribution is -2.53. The second kappa shape index (κ2) is 14.0. The summed E-state index contributed by atoms with van der Waals surface area (Å²) in [5.74, 6) is -0.845. The van der Waals surface area contributed by atoms with Gasteiger partial charge < -0.3 is 10.2 Å². The van der Waals surface area contributed by atoms with Crippen molar-refractivity contribution in [2.45, 2.75) is 64.1 Å².